The first-order chi connectivity index (χ1) is 4.75. The van der Waals surface area contributed by atoms with Gasteiger partial charge in [-0.3, -0.25) is 4.79 Å². The average molecular weight is 166 g/mol. The molecule has 0 spiro atoms. The number of carbonyl (C=O) groups is 1. The zero-order chi connectivity index (χ0) is 9.28. The Balaban J connectivity index is 4.67. The third-order valence-corrected chi connectivity index (χ3v) is 1.89. The molecule has 0 aliphatic heterocycles. The second kappa shape index (κ2) is 2.75. The van der Waals surface area contributed by atoms with E-state index in [1.165, 1.54) is 6.92 Å². The van der Waals surface area contributed by atoms with Gasteiger partial charge in [-0.05, 0) is 13.8 Å². The average Bonchev–Trinajstić information content (AvgIpc) is 1.87. The number of carboxylic acids is 1. The van der Waals surface area contributed by atoms with Crippen LogP contribution in [0.4, 0.5) is 8.78 Å². The highest BCUT2D eigenvalue weighted by Gasteiger charge is 2.50. The van der Waals surface area contributed by atoms with E-state index in [4.69, 9.17) is 5.11 Å². The summed E-state index contributed by atoms with van der Waals surface area (Å²) in [5.41, 5.74) is -1.97. The minimum absolute atomic E-state index is 0.452. The fraction of sp³-hybridized carbons (Fsp3) is 0.857. The Kier molecular flexibility index (Phi) is 2.59. The summed E-state index contributed by atoms with van der Waals surface area (Å²) < 4.78 is 25.6. The van der Waals surface area contributed by atoms with Crippen molar-refractivity contribution in [2.45, 2.75) is 33.1 Å². The van der Waals surface area contributed by atoms with Crippen molar-refractivity contribution in [1.29, 1.82) is 0 Å². The predicted octanol–water partition coefficient (Wildman–Crippen LogP) is 2.14. The Bertz CT molecular complexity index is 164. The highest BCUT2D eigenvalue weighted by atomic mass is 19.3. The maximum absolute atomic E-state index is 12.8. The van der Waals surface area contributed by atoms with E-state index in [2.05, 4.69) is 0 Å². The van der Waals surface area contributed by atoms with Gasteiger partial charge in [0.05, 0.1) is 0 Å². The quantitative estimate of drug-likeness (QED) is 0.697. The molecule has 0 aromatic heterocycles. The minimum Gasteiger partial charge on any atom is -0.481 e. The highest BCUT2D eigenvalue weighted by Crippen LogP contribution is 2.38. The van der Waals surface area contributed by atoms with Gasteiger partial charge in [0.15, 0.2) is 0 Å². The largest absolute Gasteiger partial charge is 0.481 e. The Morgan fingerprint density at radius 2 is 1.82 bits per heavy atom. The van der Waals surface area contributed by atoms with Gasteiger partial charge in [-0.1, -0.05) is 6.92 Å². The number of hydrogen-bond donors (Lipinski definition) is 1. The molecule has 0 fully saturated rings. The first-order valence-corrected chi connectivity index (χ1v) is 3.37. The molecule has 0 atom stereocenters. The van der Waals surface area contributed by atoms with Crippen LogP contribution in [-0.2, 0) is 4.79 Å². The van der Waals surface area contributed by atoms with Gasteiger partial charge in [-0.25, -0.2) is 8.78 Å². The molecule has 66 valence electrons. The molecule has 0 aromatic rings. The molecule has 0 aliphatic carbocycles. The Labute approximate surface area is 64.2 Å². The molecule has 0 aliphatic rings. The van der Waals surface area contributed by atoms with Crippen molar-refractivity contribution >= 4 is 5.97 Å². The van der Waals surface area contributed by atoms with Crippen LogP contribution in [0.2, 0.25) is 0 Å². The smallest absolute Gasteiger partial charge is 0.315 e. The summed E-state index contributed by atoms with van der Waals surface area (Å²) in [4.78, 5) is 10.3. The van der Waals surface area contributed by atoms with Gasteiger partial charge in [0.25, 0.3) is 5.92 Å². The van der Waals surface area contributed by atoms with Crippen molar-refractivity contribution in [2.24, 2.45) is 5.41 Å². The number of rotatable bonds is 3. The summed E-state index contributed by atoms with van der Waals surface area (Å²) >= 11 is 0. The molecule has 1 N–H and O–H groups in total. The molecule has 0 radical (unpaired) electrons. The van der Waals surface area contributed by atoms with Crippen LogP contribution in [0.1, 0.15) is 27.2 Å². The van der Waals surface area contributed by atoms with E-state index in [9.17, 15) is 13.6 Å². The maximum Gasteiger partial charge on any atom is 0.315 e. The standard InChI is InChI=1S/C7H12F2O2/c1-4-7(8,9)6(2,3)5(10)11/h4H2,1-3H3,(H,10,11). The number of aliphatic carboxylic acids is 1. The van der Waals surface area contributed by atoms with E-state index in [0.717, 1.165) is 13.8 Å². The van der Waals surface area contributed by atoms with E-state index in [0.29, 0.717) is 0 Å². The molecule has 0 heterocycles. The molecule has 11 heavy (non-hydrogen) atoms. The van der Waals surface area contributed by atoms with Crippen molar-refractivity contribution in [2.75, 3.05) is 0 Å². The lowest BCUT2D eigenvalue weighted by molar-refractivity contribution is -0.173. The second-order valence-electron chi connectivity index (χ2n) is 2.99. The lowest BCUT2D eigenvalue weighted by atomic mass is 9.84. The van der Waals surface area contributed by atoms with Crippen LogP contribution in [0.5, 0.6) is 0 Å². The van der Waals surface area contributed by atoms with E-state index >= 15 is 0 Å². The molecule has 0 aromatic carbocycles. The molecular formula is C7H12F2O2. The second-order valence-corrected chi connectivity index (χ2v) is 2.99. The molecule has 0 unspecified atom stereocenters. The molecule has 0 saturated carbocycles. The van der Waals surface area contributed by atoms with Gasteiger partial charge in [0.1, 0.15) is 5.41 Å². The molecular weight excluding hydrogens is 154 g/mol. The normalized spacial score (nSPS) is 13.2. The lowest BCUT2D eigenvalue weighted by Crippen LogP contribution is -2.42. The zero-order valence-electron chi connectivity index (χ0n) is 6.82. The number of alkyl halides is 2. The van der Waals surface area contributed by atoms with Crippen LogP contribution in [0.3, 0.4) is 0 Å². The molecule has 0 amide bonds. The van der Waals surface area contributed by atoms with Crippen LogP contribution in [-0.4, -0.2) is 17.0 Å². The van der Waals surface area contributed by atoms with E-state index < -0.39 is 23.7 Å². The van der Waals surface area contributed by atoms with E-state index in [1.54, 1.807) is 0 Å². The highest BCUT2D eigenvalue weighted by molar-refractivity contribution is 5.74. The van der Waals surface area contributed by atoms with Gasteiger partial charge in [-0.15, -0.1) is 0 Å². The van der Waals surface area contributed by atoms with Gasteiger partial charge in [0.2, 0.25) is 0 Å². The summed E-state index contributed by atoms with van der Waals surface area (Å²) in [6.45, 7) is 3.32. The van der Waals surface area contributed by atoms with Gasteiger partial charge >= 0.3 is 5.97 Å². The summed E-state index contributed by atoms with van der Waals surface area (Å²) in [7, 11) is 0. The Morgan fingerprint density at radius 3 is 1.91 bits per heavy atom. The monoisotopic (exact) mass is 166 g/mol. The predicted molar refractivity (Wildman–Crippen MR) is 36.7 cm³/mol. The third-order valence-electron chi connectivity index (χ3n) is 1.89. The van der Waals surface area contributed by atoms with Crippen LogP contribution in [0, 0.1) is 5.41 Å². The van der Waals surface area contributed by atoms with Crippen molar-refractivity contribution in [3.8, 4) is 0 Å². The van der Waals surface area contributed by atoms with Crippen LogP contribution in [0.25, 0.3) is 0 Å². The maximum atomic E-state index is 12.8. The topological polar surface area (TPSA) is 37.3 Å². The summed E-state index contributed by atoms with van der Waals surface area (Å²) in [6, 6.07) is 0. The van der Waals surface area contributed by atoms with Crippen molar-refractivity contribution in [1.82, 2.24) is 0 Å². The van der Waals surface area contributed by atoms with Crippen molar-refractivity contribution in [3.05, 3.63) is 0 Å². The SMILES string of the molecule is CCC(F)(F)C(C)(C)C(=O)O. The van der Waals surface area contributed by atoms with E-state index in [1.807, 2.05) is 0 Å². The lowest BCUT2D eigenvalue weighted by Gasteiger charge is -2.28. The van der Waals surface area contributed by atoms with E-state index in [-0.39, 0.29) is 0 Å². The fourth-order valence-corrected chi connectivity index (χ4v) is 0.598. The number of hydrogen-bond acceptors (Lipinski definition) is 1. The molecule has 2 nitrogen and oxygen atoms in total. The van der Waals surface area contributed by atoms with Gasteiger partial charge in [-0.2, -0.15) is 0 Å². The number of halogens is 2. The first-order valence-electron chi connectivity index (χ1n) is 3.37. The summed E-state index contributed by atoms with van der Waals surface area (Å²) in [5, 5.41) is 8.43. The Hall–Kier alpha value is -0.670. The minimum atomic E-state index is -3.14. The van der Waals surface area contributed by atoms with Crippen molar-refractivity contribution in [3.63, 3.8) is 0 Å². The molecule has 0 rings (SSSR count). The van der Waals surface area contributed by atoms with Crippen molar-refractivity contribution < 1.29 is 18.7 Å². The first kappa shape index (κ1) is 10.3. The third kappa shape index (κ3) is 1.67. The molecule has 0 bridgehead atoms. The summed E-state index contributed by atoms with van der Waals surface area (Å²) in [5.74, 6) is -4.61. The summed E-state index contributed by atoms with van der Waals surface area (Å²) in [6.07, 6.45) is -0.452. The van der Waals surface area contributed by atoms with Crippen LogP contribution in [0.15, 0.2) is 0 Å². The van der Waals surface area contributed by atoms with Crippen LogP contribution >= 0.6 is 0 Å². The molecule has 0 saturated heterocycles. The Morgan fingerprint density at radius 1 is 1.45 bits per heavy atom. The number of carboxylic acid groups (broad SMARTS) is 1. The van der Waals surface area contributed by atoms with Crippen LogP contribution < -0.4 is 0 Å². The molecule has 4 heteroatoms. The van der Waals surface area contributed by atoms with Gasteiger partial charge < -0.3 is 5.11 Å². The fourth-order valence-electron chi connectivity index (χ4n) is 0.598. The zero-order valence-corrected chi connectivity index (χ0v) is 6.82. The van der Waals surface area contributed by atoms with Gasteiger partial charge in [0, 0.05) is 6.42 Å².